The van der Waals surface area contributed by atoms with Crippen molar-refractivity contribution in [3.8, 4) is 0 Å². The molecule has 8 heteroatoms. The summed E-state index contributed by atoms with van der Waals surface area (Å²) in [4.78, 5) is 10.0. The summed E-state index contributed by atoms with van der Waals surface area (Å²) in [6, 6.07) is 0. The van der Waals surface area contributed by atoms with Crippen molar-refractivity contribution in [2.24, 2.45) is 0 Å². The van der Waals surface area contributed by atoms with Crippen molar-refractivity contribution in [2.75, 3.05) is 26.7 Å². The van der Waals surface area contributed by atoms with Gasteiger partial charge < -0.3 is 15.0 Å². The van der Waals surface area contributed by atoms with Crippen molar-refractivity contribution in [2.45, 2.75) is 25.4 Å². The molecule has 1 saturated heterocycles. The topological polar surface area (TPSA) is 50.3 Å². The molecule has 0 amide bonds. The second-order valence-electron chi connectivity index (χ2n) is 5.08. The number of rotatable bonds is 1. The van der Waals surface area contributed by atoms with Crippen LogP contribution >= 0.6 is 0 Å². The smallest absolute Gasteiger partial charge is 0.368 e. The molecule has 1 fully saturated rings. The first kappa shape index (κ1) is 13.7. The zero-order chi connectivity index (χ0) is 14.3. The molecule has 1 aromatic rings. The molecule has 1 atom stereocenters. The van der Waals surface area contributed by atoms with Gasteiger partial charge in [0, 0.05) is 31.7 Å². The number of hydrogen-bond donors (Lipinski definition) is 1. The third-order valence-electron chi connectivity index (χ3n) is 3.53. The van der Waals surface area contributed by atoms with Crippen LogP contribution in [0.1, 0.15) is 28.9 Å². The molecular weight excluding hydrogens is 273 g/mol. The molecule has 3 rings (SSSR count). The van der Waals surface area contributed by atoms with E-state index in [0.717, 1.165) is 6.54 Å². The molecule has 0 bridgehead atoms. The van der Waals surface area contributed by atoms with Crippen LogP contribution in [0.25, 0.3) is 0 Å². The number of morpholine rings is 1. The molecule has 110 valence electrons. The third kappa shape index (κ3) is 2.50. The fourth-order valence-electron chi connectivity index (χ4n) is 2.50. The molecule has 2 aliphatic rings. The number of nitrogens with one attached hydrogen (secondary N) is 1. The maximum absolute atomic E-state index is 13.1. The molecule has 0 aromatic carbocycles. The number of nitrogens with zero attached hydrogens (tertiary/aromatic N) is 3. The van der Waals surface area contributed by atoms with Crippen LogP contribution < -0.4 is 5.32 Å². The highest BCUT2D eigenvalue weighted by molar-refractivity contribution is 5.31. The van der Waals surface area contributed by atoms with Crippen LogP contribution in [0.3, 0.4) is 0 Å². The van der Waals surface area contributed by atoms with E-state index in [4.69, 9.17) is 4.74 Å². The fourth-order valence-corrected chi connectivity index (χ4v) is 2.50. The summed E-state index contributed by atoms with van der Waals surface area (Å²) in [5.74, 6) is 0.131. The number of fused-ring (bicyclic) bond motifs is 1. The van der Waals surface area contributed by atoms with E-state index in [9.17, 15) is 13.2 Å². The SMILES string of the molecule is CN1CCOC(c2nc3c(c(C(F)(F)F)n2)CNC3)C1. The number of alkyl halides is 3. The minimum atomic E-state index is -4.46. The van der Waals surface area contributed by atoms with E-state index in [1.165, 1.54) is 0 Å². The lowest BCUT2D eigenvalue weighted by Crippen LogP contribution is -2.36. The molecule has 0 saturated carbocycles. The van der Waals surface area contributed by atoms with Gasteiger partial charge in [0.2, 0.25) is 0 Å². The van der Waals surface area contributed by atoms with Gasteiger partial charge in [-0.15, -0.1) is 0 Å². The van der Waals surface area contributed by atoms with E-state index < -0.39 is 18.0 Å². The maximum Gasteiger partial charge on any atom is 0.433 e. The first-order valence-corrected chi connectivity index (χ1v) is 6.43. The monoisotopic (exact) mass is 288 g/mol. The van der Waals surface area contributed by atoms with E-state index in [2.05, 4.69) is 15.3 Å². The van der Waals surface area contributed by atoms with Gasteiger partial charge in [-0.25, -0.2) is 9.97 Å². The molecule has 2 aliphatic heterocycles. The number of ether oxygens (including phenoxy) is 1. The van der Waals surface area contributed by atoms with Crippen molar-refractivity contribution < 1.29 is 17.9 Å². The lowest BCUT2D eigenvalue weighted by Gasteiger charge is -2.29. The number of aromatic nitrogens is 2. The van der Waals surface area contributed by atoms with Crippen LogP contribution in [0.15, 0.2) is 0 Å². The van der Waals surface area contributed by atoms with Crippen LogP contribution in [0, 0.1) is 0 Å². The summed E-state index contributed by atoms with van der Waals surface area (Å²) < 4.78 is 44.8. The minimum absolute atomic E-state index is 0.131. The van der Waals surface area contributed by atoms with Gasteiger partial charge in [0.05, 0.1) is 12.3 Å². The van der Waals surface area contributed by atoms with E-state index in [1.807, 2.05) is 11.9 Å². The number of hydrogen-bond acceptors (Lipinski definition) is 5. The molecule has 0 aliphatic carbocycles. The Morgan fingerprint density at radius 3 is 2.80 bits per heavy atom. The Kier molecular flexibility index (Phi) is 3.39. The molecule has 0 spiro atoms. The van der Waals surface area contributed by atoms with Gasteiger partial charge in [-0.1, -0.05) is 0 Å². The summed E-state index contributed by atoms with van der Waals surface area (Å²) in [6.07, 6.45) is -4.96. The summed E-state index contributed by atoms with van der Waals surface area (Å²) in [6.45, 7) is 2.24. The molecule has 5 nitrogen and oxygen atoms in total. The predicted molar refractivity (Wildman–Crippen MR) is 63.8 cm³/mol. The van der Waals surface area contributed by atoms with Gasteiger partial charge in [0.25, 0.3) is 0 Å². The average molecular weight is 288 g/mol. The highest BCUT2D eigenvalue weighted by Crippen LogP contribution is 2.34. The molecular formula is C12H15F3N4O. The minimum Gasteiger partial charge on any atom is -0.368 e. The van der Waals surface area contributed by atoms with Gasteiger partial charge >= 0.3 is 6.18 Å². The molecule has 0 radical (unpaired) electrons. The Hall–Kier alpha value is -1.25. The molecule has 1 N–H and O–H groups in total. The van der Waals surface area contributed by atoms with Crippen molar-refractivity contribution in [3.63, 3.8) is 0 Å². The number of halogens is 3. The summed E-state index contributed by atoms with van der Waals surface area (Å²) >= 11 is 0. The summed E-state index contributed by atoms with van der Waals surface area (Å²) in [7, 11) is 1.90. The maximum atomic E-state index is 13.1. The largest absolute Gasteiger partial charge is 0.433 e. The Labute approximate surface area is 114 Å². The molecule has 20 heavy (non-hydrogen) atoms. The van der Waals surface area contributed by atoms with Crippen LogP contribution in [0.4, 0.5) is 13.2 Å². The van der Waals surface area contributed by atoms with E-state index in [-0.39, 0.29) is 17.9 Å². The standard InChI is InChI=1S/C12H15F3N4O/c1-19-2-3-20-9(6-19)11-17-8-5-16-4-7(8)10(18-11)12(13,14)15/h9,16H,2-6H2,1H3. The molecule has 3 heterocycles. The van der Waals surface area contributed by atoms with Gasteiger partial charge in [0.15, 0.2) is 11.5 Å². The second kappa shape index (κ2) is 4.94. The van der Waals surface area contributed by atoms with E-state index in [1.54, 1.807) is 0 Å². The molecule has 1 aromatic heterocycles. The fraction of sp³-hybridized carbons (Fsp3) is 0.667. The van der Waals surface area contributed by atoms with Gasteiger partial charge in [-0.2, -0.15) is 13.2 Å². The number of likely N-dealkylation sites (N-methyl/N-ethyl adjacent to an activating group) is 1. The lowest BCUT2D eigenvalue weighted by atomic mass is 10.1. The van der Waals surface area contributed by atoms with Crippen molar-refractivity contribution >= 4 is 0 Å². The van der Waals surface area contributed by atoms with Gasteiger partial charge in [-0.3, -0.25) is 0 Å². The van der Waals surface area contributed by atoms with Crippen LogP contribution in [-0.4, -0.2) is 41.6 Å². The zero-order valence-electron chi connectivity index (χ0n) is 11.0. The summed E-state index contributed by atoms with van der Waals surface area (Å²) in [5.41, 5.74) is -0.246. The predicted octanol–water partition coefficient (Wildman–Crippen LogP) is 1.10. The van der Waals surface area contributed by atoms with Crippen LogP contribution in [0.5, 0.6) is 0 Å². The first-order chi connectivity index (χ1) is 9.45. The Morgan fingerprint density at radius 2 is 2.10 bits per heavy atom. The second-order valence-corrected chi connectivity index (χ2v) is 5.08. The van der Waals surface area contributed by atoms with Gasteiger partial charge in [-0.05, 0) is 7.05 Å². The van der Waals surface area contributed by atoms with Crippen molar-refractivity contribution in [1.29, 1.82) is 0 Å². The zero-order valence-corrected chi connectivity index (χ0v) is 11.0. The highest BCUT2D eigenvalue weighted by atomic mass is 19.4. The Morgan fingerprint density at radius 1 is 1.30 bits per heavy atom. The van der Waals surface area contributed by atoms with E-state index >= 15 is 0 Å². The average Bonchev–Trinajstić information content (AvgIpc) is 2.84. The van der Waals surface area contributed by atoms with Crippen LogP contribution in [-0.2, 0) is 24.0 Å². The summed E-state index contributed by atoms with van der Waals surface area (Å²) in [5, 5.41) is 2.89. The quantitative estimate of drug-likeness (QED) is 0.838. The lowest BCUT2D eigenvalue weighted by molar-refractivity contribution is -0.142. The highest BCUT2D eigenvalue weighted by Gasteiger charge is 2.39. The Balaban J connectivity index is 2.00. The van der Waals surface area contributed by atoms with Crippen molar-refractivity contribution in [1.82, 2.24) is 20.2 Å². The van der Waals surface area contributed by atoms with Crippen LogP contribution in [0.2, 0.25) is 0 Å². The van der Waals surface area contributed by atoms with Crippen molar-refractivity contribution in [3.05, 3.63) is 22.8 Å². The Bertz CT molecular complexity index is 520. The van der Waals surface area contributed by atoms with E-state index in [0.29, 0.717) is 25.4 Å². The normalized spacial score (nSPS) is 23.9. The molecule has 1 unspecified atom stereocenters. The first-order valence-electron chi connectivity index (χ1n) is 6.43. The third-order valence-corrected chi connectivity index (χ3v) is 3.53. The van der Waals surface area contributed by atoms with Gasteiger partial charge in [0.1, 0.15) is 6.10 Å².